The van der Waals surface area contributed by atoms with Crippen LogP contribution in [-0.2, 0) is 0 Å². The van der Waals surface area contributed by atoms with Crippen LogP contribution in [0.2, 0.25) is 0 Å². The van der Waals surface area contributed by atoms with Crippen molar-refractivity contribution in [1.82, 2.24) is 25.5 Å². The number of urea groups is 1. The quantitative estimate of drug-likeness (QED) is 0.569. The van der Waals surface area contributed by atoms with Crippen molar-refractivity contribution in [3.8, 4) is 11.3 Å². The summed E-state index contributed by atoms with van der Waals surface area (Å²) in [4.78, 5) is 22.6. The highest BCUT2D eigenvalue weighted by Gasteiger charge is 2.26. The van der Waals surface area contributed by atoms with Crippen LogP contribution < -0.4 is 10.6 Å². The first-order valence-corrected chi connectivity index (χ1v) is 10.1. The van der Waals surface area contributed by atoms with Crippen molar-refractivity contribution in [1.29, 1.82) is 0 Å². The number of imidazole rings is 1. The smallest absolute Gasteiger partial charge is 0.315 e. The van der Waals surface area contributed by atoms with E-state index in [1.54, 1.807) is 12.5 Å². The lowest BCUT2D eigenvalue weighted by atomic mass is 10.2. The molecule has 0 spiro atoms. The summed E-state index contributed by atoms with van der Waals surface area (Å²) in [5, 5.41) is 5.95. The zero-order valence-corrected chi connectivity index (χ0v) is 16.6. The summed E-state index contributed by atoms with van der Waals surface area (Å²) >= 11 is 0. The number of rotatable bonds is 7. The Bertz CT molecular complexity index is 900. The van der Waals surface area contributed by atoms with Crippen LogP contribution in [0.4, 0.5) is 4.79 Å². The Kier molecular flexibility index (Phi) is 5.95. The Hall–Kier alpha value is -3.06. The largest absolute Gasteiger partial charge is 0.468 e. The summed E-state index contributed by atoms with van der Waals surface area (Å²) < 4.78 is 5.61. The summed E-state index contributed by atoms with van der Waals surface area (Å²) in [6.45, 7) is 4.47. The van der Waals surface area contributed by atoms with Gasteiger partial charge in [0.1, 0.15) is 11.6 Å². The first-order valence-electron chi connectivity index (χ1n) is 10.1. The Morgan fingerprint density at radius 1 is 1.21 bits per heavy atom. The molecule has 2 amide bonds. The molecule has 1 saturated heterocycles. The molecule has 1 aliphatic rings. The standard InChI is InChI=1S/C22H27N5O2/c1-16(21-23-14-18(26-21)17-8-3-2-4-9-17)25-22(28)24-15-19(20-10-7-13-29-20)27-11-5-6-12-27/h2-4,7-10,13-14,16,19H,5-6,11-12,15H2,1H3,(H,23,26)(H2,24,25,28)/t16-,19+/m0/s1. The summed E-state index contributed by atoms with van der Waals surface area (Å²) in [6.07, 6.45) is 5.84. The van der Waals surface area contributed by atoms with Gasteiger partial charge in [-0.3, -0.25) is 4.90 Å². The van der Waals surface area contributed by atoms with Gasteiger partial charge in [0.05, 0.1) is 30.2 Å². The number of carbonyl (C=O) groups is 1. The van der Waals surface area contributed by atoms with Crippen LogP contribution in [0.25, 0.3) is 11.3 Å². The third-order valence-electron chi connectivity index (χ3n) is 5.35. The number of furan rings is 1. The van der Waals surface area contributed by atoms with Crippen LogP contribution >= 0.6 is 0 Å². The molecule has 0 bridgehead atoms. The molecular formula is C22H27N5O2. The monoisotopic (exact) mass is 393 g/mol. The van der Waals surface area contributed by atoms with Gasteiger partial charge in [-0.15, -0.1) is 0 Å². The fourth-order valence-corrected chi connectivity index (χ4v) is 3.77. The molecule has 29 heavy (non-hydrogen) atoms. The van der Waals surface area contributed by atoms with Gasteiger partial charge >= 0.3 is 6.03 Å². The second kappa shape index (κ2) is 8.96. The zero-order chi connectivity index (χ0) is 20.1. The number of likely N-dealkylation sites (tertiary alicyclic amines) is 1. The van der Waals surface area contributed by atoms with E-state index in [2.05, 4.69) is 25.5 Å². The molecule has 2 aromatic heterocycles. The molecule has 3 aromatic rings. The maximum absolute atomic E-state index is 12.5. The van der Waals surface area contributed by atoms with E-state index in [9.17, 15) is 4.79 Å². The molecule has 7 heteroatoms. The number of aromatic nitrogens is 2. The lowest BCUT2D eigenvalue weighted by Gasteiger charge is -2.26. The van der Waals surface area contributed by atoms with Crippen molar-refractivity contribution in [2.24, 2.45) is 0 Å². The minimum atomic E-state index is -0.235. The average Bonchev–Trinajstić information content (AvgIpc) is 3.51. The third kappa shape index (κ3) is 4.68. The van der Waals surface area contributed by atoms with E-state index < -0.39 is 0 Å². The normalized spacial score (nSPS) is 16.4. The molecule has 2 atom stereocenters. The molecule has 1 fully saturated rings. The third-order valence-corrected chi connectivity index (χ3v) is 5.35. The average molecular weight is 393 g/mol. The summed E-state index contributed by atoms with van der Waals surface area (Å²) in [5.74, 6) is 1.61. The molecule has 1 aromatic carbocycles. The Morgan fingerprint density at radius 3 is 2.72 bits per heavy atom. The number of hydrogen-bond donors (Lipinski definition) is 3. The Morgan fingerprint density at radius 2 is 2.00 bits per heavy atom. The Labute approximate surface area is 170 Å². The van der Waals surface area contributed by atoms with Crippen molar-refractivity contribution in [2.45, 2.75) is 31.8 Å². The summed E-state index contributed by atoms with van der Waals surface area (Å²) in [7, 11) is 0. The van der Waals surface area contributed by atoms with Crippen LogP contribution in [0, 0.1) is 0 Å². The van der Waals surface area contributed by atoms with Crippen molar-refractivity contribution in [2.75, 3.05) is 19.6 Å². The molecule has 0 radical (unpaired) electrons. The molecule has 4 rings (SSSR count). The molecule has 3 heterocycles. The summed E-state index contributed by atoms with van der Waals surface area (Å²) in [6, 6.07) is 13.5. The minimum Gasteiger partial charge on any atom is -0.468 e. The van der Waals surface area contributed by atoms with E-state index in [1.165, 1.54) is 12.8 Å². The fraction of sp³-hybridized carbons (Fsp3) is 0.364. The van der Waals surface area contributed by atoms with E-state index in [0.717, 1.165) is 35.9 Å². The van der Waals surface area contributed by atoms with E-state index >= 15 is 0 Å². The number of nitrogens with zero attached hydrogens (tertiary/aromatic N) is 2. The second-order valence-corrected chi connectivity index (χ2v) is 7.40. The van der Waals surface area contributed by atoms with Gasteiger partial charge in [0.15, 0.2) is 0 Å². The first kappa shape index (κ1) is 19.3. The molecule has 0 unspecified atom stereocenters. The van der Waals surface area contributed by atoms with Crippen molar-refractivity contribution in [3.05, 3.63) is 66.5 Å². The first-order chi connectivity index (χ1) is 14.2. The fourth-order valence-electron chi connectivity index (χ4n) is 3.77. The minimum absolute atomic E-state index is 0.0573. The number of carbonyl (C=O) groups excluding carboxylic acids is 1. The molecule has 3 N–H and O–H groups in total. The predicted octanol–water partition coefficient (Wildman–Crippen LogP) is 3.87. The van der Waals surface area contributed by atoms with Crippen LogP contribution in [-0.4, -0.2) is 40.5 Å². The lowest BCUT2D eigenvalue weighted by molar-refractivity contribution is 0.202. The van der Waals surface area contributed by atoms with E-state index in [0.29, 0.717) is 6.54 Å². The number of aromatic amines is 1. The van der Waals surface area contributed by atoms with Crippen LogP contribution in [0.15, 0.2) is 59.3 Å². The Balaban J connectivity index is 1.33. The van der Waals surface area contributed by atoms with Crippen molar-refractivity contribution in [3.63, 3.8) is 0 Å². The number of amides is 2. The van der Waals surface area contributed by atoms with Crippen molar-refractivity contribution >= 4 is 6.03 Å². The van der Waals surface area contributed by atoms with Crippen LogP contribution in [0.5, 0.6) is 0 Å². The highest BCUT2D eigenvalue weighted by atomic mass is 16.3. The van der Waals surface area contributed by atoms with Gasteiger partial charge in [0, 0.05) is 6.54 Å². The number of benzene rings is 1. The molecule has 7 nitrogen and oxygen atoms in total. The number of nitrogens with one attached hydrogen (secondary N) is 3. The second-order valence-electron chi connectivity index (χ2n) is 7.40. The number of hydrogen-bond acceptors (Lipinski definition) is 4. The maximum Gasteiger partial charge on any atom is 0.315 e. The molecule has 0 aliphatic carbocycles. The lowest BCUT2D eigenvalue weighted by Crippen LogP contribution is -2.42. The highest BCUT2D eigenvalue weighted by Crippen LogP contribution is 2.25. The summed E-state index contributed by atoms with van der Waals surface area (Å²) in [5.41, 5.74) is 2.00. The molecule has 0 saturated carbocycles. The van der Waals surface area contributed by atoms with Gasteiger partial charge in [-0.25, -0.2) is 9.78 Å². The van der Waals surface area contributed by atoms with E-state index in [4.69, 9.17) is 4.42 Å². The van der Waals surface area contributed by atoms with Crippen molar-refractivity contribution < 1.29 is 9.21 Å². The molecular weight excluding hydrogens is 366 g/mol. The molecule has 1 aliphatic heterocycles. The van der Waals surface area contributed by atoms with Gasteiger partial charge in [-0.2, -0.15) is 0 Å². The van der Waals surface area contributed by atoms with Gasteiger partial charge in [-0.1, -0.05) is 30.3 Å². The van der Waals surface area contributed by atoms with E-state index in [1.807, 2.05) is 49.4 Å². The van der Waals surface area contributed by atoms with Crippen LogP contribution in [0.1, 0.15) is 43.4 Å². The van der Waals surface area contributed by atoms with E-state index in [-0.39, 0.29) is 18.1 Å². The van der Waals surface area contributed by atoms with Gasteiger partial charge in [0.25, 0.3) is 0 Å². The van der Waals surface area contributed by atoms with Gasteiger partial charge < -0.3 is 20.0 Å². The maximum atomic E-state index is 12.5. The topological polar surface area (TPSA) is 86.2 Å². The predicted molar refractivity (Wildman–Crippen MR) is 111 cm³/mol. The van der Waals surface area contributed by atoms with Gasteiger partial charge in [-0.05, 0) is 50.6 Å². The van der Waals surface area contributed by atoms with Crippen LogP contribution in [0.3, 0.4) is 0 Å². The molecule has 152 valence electrons. The zero-order valence-electron chi connectivity index (χ0n) is 16.6. The van der Waals surface area contributed by atoms with Gasteiger partial charge in [0.2, 0.25) is 0 Å². The SMILES string of the molecule is C[C@H](NC(=O)NC[C@H](c1ccco1)N1CCCC1)c1ncc(-c2ccccc2)[nH]1. The highest BCUT2D eigenvalue weighted by molar-refractivity contribution is 5.74. The number of H-pyrrole nitrogens is 1.